The molecule has 0 aliphatic carbocycles. The molecule has 19 heavy (non-hydrogen) atoms. The number of anilines is 1. The molecule has 0 fully saturated rings. The van der Waals surface area contributed by atoms with Crippen molar-refractivity contribution in [2.75, 3.05) is 5.73 Å². The number of hydrogen-bond acceptors (Lipinski definition) is 2. The van der Waals surface area contributed by atoms with E-state index in [-0.39, 0.29) is 5.69 Å². The zero-order valence-corrected chi connectivity index (χ0v) is 9.41. The summed E-state index contributed by atoms with van der Waals surface area (Å²) in [4.78, 5) is 11.6. The summed E-state index contributed by atoms with van der Waals surface area (Å²) in [6.07, 6.45) is -4.67. The third-order valence-corrected chi connectivity index (χ3v) is 2.52. The predicted octanol–water partition coefficient (Wildman–Crippen LogP) is 2.58. The Hall–Kier alpha value is -2.31. The number of nitrogen functional groups attached to an aromatic ring is 1. The number of hydrogen-bond donors (Lipinski definition) is 1. The van der Waals surface area contributed by atoms with E-state index in [1.54, 1.807) is 0 Å². The molecule has 0 saturated heterocycles. The van der Waals surface area contributed by atoms with Gasteiger partial charge in [-0.15, -0.1) is 0 Å². The molecule has 7 heteroatoms. The van der Waals surface area contributed by atoms with Gasteiger partial charge in [-0.2, -0.15) is 13.2 Å². The van der Waals surface area contributed by atoms with E-state index in [9.17, 15) is 22.4 Å². The number of halogens is 4. The van der Waals surface area contributed by atoms with Crippen molar-refractivity contribution in [3.05, 3.63) is 58.1 Å². The van der Waals surface area contributed by atoms with Crippen molar-refractivity contribution in [3.63, 3.8) is 0 Å². The molecule has 0 amide bonds. The molecule has 0 bridgehead atoms. The fourth-order valence-electron chi connectivity index (χ4n) is 1.65. The van der Waals surface area contributed by atoms with E-state index in [1.807, 2.05) is 0 Å². The minimum atomic E-state index is -4.67. The van der Waals surface area contributed by atoms with E-state index in [2.05, 4.69) is 0 Å². The van der Waals surface area contributed by atoms with Crippen LogP contribution in [0.4, 0.5) is 23.4 Å². The molecule has 0 spiro atoms. The average Bonchev–Trinajstić information content (AvgIpc) is 2.29. The third-order valence-electron chi connectivity index (χ3n) is 2.52. The van der Waals surface area contributed by atoms with Crippen molar-refractivity contribution >= 4 is 5.82 Å². The van der Waals surface area contributed by atoms with Crippen LogP contribution in [0.25, 0.3) is 5.69 Å². The van der Waals surface area contributed by atoms with E-state index in [4.69, 9.17) is 5.73 Å². The van der Waals surface area contributed by atoms with Gasteiger partial charge in [0.25, 0.3) is 5.56 Å². The Morgan fingerprint density at radius 3 is 2.11 bits per heavy atom. The van der Waals surface area contributed by atoms with E-state index in [0.29, 0.717) is 10.6 Å². The highest BCUT2D eigenvalue weighted by Crippen LogP contribution is 2.33. The second-order valence-corrected chi connectivity index (χ2v) is 3.78. The maximum atomic E-state index is 12.8. The lowest BCUT2D eigenvalue weighted by Gasteiger charge is -2.15. The molecule has 2 aromatic rings. The molecule has 1 aromatic heterocycles. The van der Waals surface area contributed by atoms with Crippen LogP contribution >= 0.6 is 0 Å². The molecule has 100 valence electrons. The predicted molar refractivity (Wildman–Crippen MR) is 61.4 cm³/mol. The summed E-state index contributed by atoms with van der Waals surface area (Å²) in [5.41, 5.74) is 3.62. The maximum absolute atomic E-state index is 12.8. The molecular weight excluding hydrogens is 264 g/mol. The van der Waals surface area contributed by atoms with E-state index in [0.717, 1.165) is 18.2 Å². The standard InChI is InChI=1S/C12H8F4N2O/c13-7-1-3-8(4-2-7)18-10(19)6-5-9(11(18)17)12(14,15)16/h1-6H,17H2. The van der Waals surface area contributed by atoms with Crippen molar-refractivity contribution in [3.8, 4) is 5.69 Å². The van der Waals surface area contributed by atoms with Crippen LogP contribution in [0, 0.1) is 5.82 Å². The van der Waals surface area contributed by atoms with Gasteiger partial charge >= 0.3 is 6.18 Å². The molecule has 1 heterocycles. The number of aromatic nitrogens is 1. The summed E-state index contributed by atoms with van der Waals surface area (Å²) < 4.78 is 51.5. The van der Waals surface area contributed by atoms with Crippen LogP contribution < -0.4 is 11.3 Å². The van der Waals surface area contributed by atoms with Gasteiger partial charge in [0, 0.05) is 6.07 Å². The molecule has 2 rings (SSSR count). The summed E-state index contributed by atoms with van der Waals surface area (Å²) in [5, 5.41) is 0. The Balaban J connectivity index is 2.70. The van der Waals surface area contributed by atoms with Crippen LogP contribution in [-0.4, -0.2) is 4.57 Å². The molecular formula is C12H8F4N2O. The Labute approximate surface area is 104 Å². The van der Waals surface area contributed by atoms with Crippen LogP contribution in [0.1, 0.15) is 5.56 Å². The molecule has 0 radical (unpaired) electrons. The first-order chi connectivity index (χ1) is 8.80. The van der Waals surface area contributed by atoms with Gasteiger partial charge in [-0.1, -0.05) is 0 Å². The molecule has 2 N–H and O–H groups in total. The molecule has 0 unspecified atom stereocenters. The molecule has 0 saturated carbocycles. The van der Waals surface area contributed by atoms with Crippen LogP contribution in [0.3, 0.4) is 0 Å². The first-order valence-corrected chi connectivity index (χ1v) is 5.15. The molecule has 3 nitrogen and oxygen atoms in total. The number of pyridine rings is 1. The van der Waals surface area contributed by atoms with Crippen molar-refractivity contribution in [2.45, 2.75) is 6.18 Å². The van der Waals surface area contributed by atoms with Crippen molar-refractivity contribution in [1.29, 1.82) is 0 Å². The molecule has 0 aliphatic heterocycles. The summed E-state index contributed by atoms with van der Waals surface area (Å²) in [5.74, 6) is -1.30. The fourth-order valence-corrected chi connectivity index (χ4v) is 1.65. The van der Waals surface area contributed by atoms with Gasteiger partial charge in [0.2, 0.25) is 0 Å². The van der Waals surface area contributed by atoms with Gasteiger partial charge < -0.3 is 5.73 Å². The van der Waals surface area contributed by atoms with Gasteiger partial charge in [-0.3, -0.25) is 9.36 Å². The molecule has 1 aromatic carbocycles. The fraction of sp³-hybridized carbons (Fsp3) is 0.0833. The summed E-state index contributed by atoms with van der Waals surface area (Å²) in [6, 6.07) is 5.80. The highest BCUT2D eigenvalue weighted by atomic mass is 19.4. The number of nitrogens with zero attached hydrogens (tertiary/aromatic N) is 1. The van der Waals surface area contributed by atoms with Crippen LogP contribution in [0.2, 0.25) is 0 Å². The van der Waals surface area contributed by atoms with Crippen LogP contribution in [0.15, 0.2) is 41.2 Å². The minimum absolute atomic E-state index is 0.0648. The second kappa shape index (κ2) is 4.42. The topological polar surface area (TPSA) is 48.0 Å². The smallest absolute Gasteiger partial charge is 0.384 e. The molecule has 0 aliphatic rings. The number of benzene rings is 1. The monoisotopic (exact) mass is 272 g/mol. The SMILES string of the molecule is Nc1c(C(F)(F)F)ccc(=O)n1-c1ccc(F)cc1. The number of nitrogens with two attached hydrogens (primary N) is 1. The minimum Gasteiger partial charge on any atom is -0.384 e. The first-order valence-electron chi connectivity index (χ1n) is 5.15. The Morgan fingerprint density at radius 2 is 1.58 bits per heavy atom. The van der Waals surface area contributed by atoms with Gasteiger partial charge in [-0.05, 0) is 30.3 Å². The van der Waals surface area contributed by atoms with Gasteiger partial charge in [0.1, 0.15) is 11.6 Å². The largest absolute Gasteiger partial charge is 0.419 e. The summed E-state index contributed by atoms with van der Waals surface area (Å²) >= 11 is 0. The zero-order chi connectivity index (χ0) is 14.2. The lowest BCUT2D eigenvalue weighted by atomic mass is 10.2. The van der Waals surface area contributed by atoms with Gasteiger partial charge in [-0.25, -0.2) is 4.39 Å². The Bertz CT molecular complexity index is 659. The highest BCUT2D eigenvalue weighted by Gasteiger charge is 2.34. The van der Waals surface area contributed by atoms with Crippen LogP contribution in [0.5, 0.6) is 0 Å². The van der Waals surface area contributed by atoms with E-state index < -0.39 is 28.9 Å². The average molecular weight is 272 g/mol. The van der Waals surface area contributed by atoms with E-state index in [1.165, 1.54) is 12.1 Å². The number of rotatable bonds is 1. The second-order valence-electron chi connectivity index (χ2n) is 3.78. The van der Waals surface area contributed by atoms with Crippen molar-refractivity contribution in [1.82, 2.24) is 4.57 Å². The zero-order valence-electron chi connectivity index (χ0n) is 9.41. The molecule has 0 atom stereocenters. The van der Waals surface area contributed by atoms with Crippen molar-refractivity contribution < 1.29 is 17.6 Å². The normalized spacial score (nSPS) is 11.6. The highest BCUT2D eigenvalue weighted by molar-refractivity contribution is 5.49. The van der Waals surface area contributed by atoms with E-state index >= 15 is 0 Å². The Kier molecular flexibility index (Phi) is 3.05. The maximum Gasteiger partial charge on any atom is 0.419 e. The summed E-state index contributed by atoms with van der Waals surface area (Å²) in [6.45, 7) is 0. The van der Waals surface area contributed by atoms with Crippen LogP contribution in [-0.2, 0) is 6.18 Å². The third kappa shape index (κ3) is 2.44. The lowest BCUT2D eigenvalue weighted by Crippen LogP contribution is -2.24. The lowest BCUT2D eigenvalue weighted by molar-refractivity contribution is -0.137. The van der Waals surface area contributed by atoms with Gasteiger partial charge in [0.05, 0.1) is 11.3 Å². The first kappa shape index (κ1) is 13.1. The Morgan fingerprint density at radius 1 is 1.00 bits per heavy atom. The van der Waals surface area contributed by atoms with Gasteiger partial charge in [0.15, 0.2) is 0 Å². The van der Waals surface area contributed by atoms with Crippen molar-refractivity contribution in [2.24, 2.45) is 0 Å². The quantitative estimate of drug-likeness (QED) is 0.811. The number of alkyl halides is 3. The summed E-state index contributed by atoms with van der Waals surface area (Å²) in [7, 11) is 0.